The van der Waals surface area contributed by atoms with Crippen LogP contribution in [0.1, 0.15) is 58.1 Å². The van der Waals surface area contributed by atoms with Crippen LogP contribution in [0.4, 0.5) is 0 Å². The maximum Gasteiger partial charge on any atom is 0.286 e. The molecule has 0 fully saturated rings. The summed E-state index contributed by atoms with van der Waals surface area (Å²) in [6, 6.07) is -0.647. The molecule has 1 amide bonds. The number of carbonyl (C=O) groups excluding carboxylic acids is 2. The molecule has 0 aromatic carbocycles. The van der Waals surface area contributed by atoms with E-state index in [-0.39, 0.29) is 28.9 Å². The van der Waals surface area contributed by atoms with Crippen LogP contribution < -0.4 is 5.32 Å². The predicted molar refractivity (Wildman–Crippen MR) is 69.8 cm³/mol. The van der Waals surface area contributed by atoms with Crippen molar-refractivity contribution in [3.8, 4) is 0 Å². The number of ketones is 1. The summed E-state index contributed by atoms with van der Waals surface area (Å²) in [5.74, 6) is -0.323. The van der Waals surface area contributed by atoms with Crippen LogP contribution in [0.3, 0.4) is 0 Å². The van der Waals surface area contributed by atoms with Crippen molar-refractivity contribution in [3.05, 3.63) is 11.8 Å². The van der Waals surface area contributed by atoms with Crippen molar-refractivity contribution in [1.29, 1.82) is 0 Å². The Bertz CT molecular complexity index is 472. The molecular formula is C13H21N3O3. The van der Waals surface area contributed by atoms with Crippen LogP contribution in [0.5, 0.6) is 0 Å². The van der Waals surface area contributed by atoms with Crippen molar-refractivity contribution in [2.24, 2.45) is 5.92 Å². The molecule has 0 radical (unpaired) electrons. The van der Waals surface area contributed by atoms with E-state index in [2.05, 4.69) is 15.5 Å². The summed E-state index contributed by atoms with van der Waals surface area (Å²) >= 11 is 0. The number of aromatic nitrogens is 2. The van der Waals surface area contributed by atoms with Crippen molar-refractivity contribution in [2.45, 2.75) is 53.0 Å². The van der Waals surface area contributed by atoms with Gasteiger partial charge in [0.25, 0.3) is 5.89 Å². The molecule has 1 rings (SSSR count). The quantitative estimate of drug-likeness (QED) is 0.839. The van der Waals surface area contributed by atoms with E-state index in [1.165, 1.54) is 6.92 Å². The van der Waals surface area contributed by atoms with Crippen molar-refractivity contribution in [3.63, 3.8) is 0 Å². The summed E-state index contributed by atoms with van der Waals surface area (Å²) in [5.41, 5.74) is -0.313. The van der Waals surface area contributed by atoms with Gasteiger partial charge < -0.3 is 9.73 Å². The molecule has 0 spiro atoms. The molecule has 19 heavy (non-hydrogen) atoms. The number of nitrogens with one attached hydrogen (secondary N) is 1. The van der Waals surface area contributed by atoms with Gasteiger partial charge in [0.05, 0.1) is 6.04 Å². The second-order valence-corrected chi connectivity index (χ2v) is 5.95. The van der Waals surface area contributed by atoms with Gasteiger partial charge in [-0.2, -0.15) is 0 Å². The van der Waals surface area contributed by atoms with Gasteiger partial charge >= 0.3 is 0 Å². The van der Waals surface area contributed by atoms with Crippen LogP contribution >= 0.6 is 0 Å². The molecule has 1 heterocycles. The fourth-order valence-electron chi connectivity index (χ4n) is 1.51. The largest absolute Gasteiger partial charge is 0.418 e. The third-order valence-electron chi connectivity index (χ3n) is 2.59. The van der Waals surface area contributed by atoms with Gasteiger partial charge in [0.1, 0.15) is 0 Å². The van der Waals surface area contributed by atoms with Crippen molar-refractivity contribution < 1.29 is 14.0 Å². The molecule has 106 valence electrons. The number of carbonyl (C=O) groups is 2. The summed E-state index contributed by atoms with van der Waals surface area (Å²) in [4.78, 5) is 23.4. The minimum atomic E-state index is -0.647. The molecule has 0 aliphatic carbocycles. The highest BCUT2D eigenvalue weighted by molar-refractivity contribution is 5.98. The minimum Gasteiger partial charge on any atom is -0.418 e. The second kappa shape index (κ2) is 5.50. The maximum atomic E-state index is 12.3. The smallest absolute Gasteiger partial charge is 0.286 e. The number of rotatable bonds is 4. The molecule has 0 aliphatic rings. The zero-order valence-corrected chi connectivity index (χ0v) is 12.3. The first-order valence-corrected chi connectivity index (χ1v) is 6.28. The zero-order valence-electron chi connectivity index (χ0n) is 12.3. The van der Waals surface area contributed by atoms with E-state index in [4.69, 9.17) is 4.42 Å². The Morgan fingerprint density at radius 3 is 2.16 bits per heavy atom. The number of nitrogens with zero attached hydrogens (tertiary/aromatic N) is 2. The van der Waals surface area contributed by atoms with E-state index in [1.54, 1.807) is 0 Å². The first-order valence-electron chi connectivity index (χ1n) is 6.28. The Morgan fingerprint density at radius 2 is 1.79 bits per heavy atom. The Balaban J connectivity index is 2.97. The summed E-state index contributed by atoms with van der Waals surface area (Å²) in [7, 11) is 0. The SMILES string of the molecule is CC(=O)N[C@H](C(=O)c1nnc(C(C)(C)C)o1)C(C)C. The fraction of sp³-hybridized carbons (Fsp3) is 0.692. The van der Waals surface area contributed by atoms with Crippen LogP contribution in [0, 0.1) is 5.92 Å². The second-order valence-electron chi connectivity index (χ2n) is 5.95. The highest BCUT2D eigenvalue weighted by atomic mass is 16.4. The zero-order chi connectivity index (χ0) is 14.8. The Labute approximate surface area is 113 Å². The Kier molecular flexibility index (Phi) is 4.44. The third-order valence-corrected chi connectivity index (χ3v) is 2.59. The van der Waals surface area contributed by atoms with Gasteiger partial charge in [-0.05, 0) is 5.92 Å². The van der Waals surface area contributed by atoms with Crippen molar-refractivity contribution in [1.82, 2.24) is 15.5 Å². The molecule has 6 nitrogen and oxygen atoms in total. The first-order chi connectivity index (χ1) is 8.62. The lowest BCUT2D eigenvalue weighted by Gasteiger charge is -2.18. The van der Waals surface area contributed by atoms with Crippen LogP contribution in [0.25, 0.3) is 0 Å². The van der Waals surface area contributed by atoms with Crippen molar-refractivity contribution >= 4 is 11.7 Å². The first kappa shape index (κ1) is 15.3. The standard InChI is InChI=1S/C13H21N3O3/c1-7(2)9(14-8(3)17)10(18)11-15-16-12(19-11)13(4,5)6/h7,9H,1-6H3,(H,14,17)/t9-/m0/s1. The molecule has 1 aromatic rings. The normalized spacial score (nSPS) is 13.4. The molecule has 1 atom stereocenters. The minimum absolute atomic E-state index is 0.0543. The molecule has 6 heteroatoms. The van der Waals surface area contributed by atoms with E-state index in [1.807, 2.05) is 34.6 Å². The van der Waals surface area contributed by atoms with Crippen LogP contribution in [0.2, 0.25) is 0 Å². The Hall–Kier alpha value is -1.72. The highest BCUT2D eigenvalue weighted by Crippen LogP contribution is 2.21. The highest BCUT2D eigenvalue weighted by Gasteiger charge is 2.30. The lowest BCUT2D eigenvalue weighted by molar-refractivity contribution is -0.119. The van der Waals surface area contributed by atoms with Gasteiger partial charge in [-0.25, -0.2) is 0 Å². The number of hydrogen-bond donors (Lipinski definition) is 1. The van der Waals surface area contributed by atoms with Gasteiger partial charge in [0.2, 0.25) is 17.6 Å². The lowest BCUT2D eigenvalue weighted by Crippen LogP contribution is -2.43. The monoisotopic (exact) mass is 267 g/mol. The van der Waals surface area contributed by atoms with Crippen molar-refractivity contribution in [2.75, 3.05) is 0 Å². The maximum absolute atomic E-state index is 12.3. The average molecular weight is 267 g/mol. The molecule has 0 saturated carbocycles. The molecule has 0 aliphatic heterocycles. The average Bonchev–Trinajstić information content (AvgIpc) is 2.72. The summed E-state index contributed by atoms with van der Waals surface area (Å²) in [6.07, 6.45) is 0. The van der Waals surface area contributed by atoms with E-state index < -0.39 is 6.04 Å². The molecular weight excluding hydrogens is 246 g/mol. The topological polar surface area (TPSA) is 85.1 Å². The number of amides is 1. The summed E-state index contributed by atoms with van der Waals surface area (Å²) < 4.78 is 5.40. The van der Waals surface area contributed by atoms with E-state index in [0.29, 0.717) is 5.89 Å². The fourth-order valence-corrected chi connectivity index (χ4v) is 1.51. The van der Waals surface area contributed by atoms with Gasteiger partial charge in [-0.15, -0.1) is 10.2 Å². The lowest BCUT2D eigenvalue weighted by atomic mass is 9.97. The Morgan fingerprint density at radius 1 is 1.21 bits per heavy atom. The molecule has 1 aromatic heterocycles. The number of Topliss-reactive ketones (excluding diaryl/α,β-unsaturated/α-hetero) is 1. The molecule has 0 unspecified atom stereocenters. The molecule has 1 N–H and O–H groups in total. The van der Waals surface area contributed by atoms with Gasteiger partial charge in [0.15, 0.2) is 0 Å². The van der Waals surface area contributed by atoms with Gasteiger partial charge in [-0.3, -0.25) is 9.59 Å². The van der Waals surface area contributed by atoms with Gasteiger partial charge in [0, 0.05) is 12.3 Å². The summed E-state index contributed by atoms with van der Waals surface area (Å²) in [5, 5.41) is 10.3. The van der Waals surface area contributed by atoms with E-state index in [0.717, 1.165) is 0 Å². The predicted octanol–water partition coefficient (Wildman–Crippen LogP) is 1.71. The van der Waals surface area contributed by atoms with Gasteiger partial charge in [-0.1, -0.05) is 34.6 Å². The van der Waals surface area contributed by atoms with E-state index >= 15 is 0 Å². The molecule has 0 saturated heterocycles. The van der Waals surface area contributed by atoms with E-state index in [9.17, 15) is 9.59 Å². The molecule has 0 bridgehead atoms. The van der Waals surface area contributed by atoms with Crippen LogP contribution in [0.15, 0.2) is 4.42 Å². The van der Waals surface area contributed by atoms with Crippen LogP contribution in [-0.2, 0) is 10.2 Å². The third kappa shape index (κ3) is 3.87. The number of hydrogen-bond acceptors (Lipinski definition) is 5. The summed E-state index contributed by atoms with van der Waals surface area (Å²) in [6.45, 7) is 10.8. The van der Waals surface area contributed by atoms with Crippen LogP contribution in [-0.4, -0.2) is 27.9 Å².